The van der Waals surface area contributed by atoms with E-state index >= 15 is 0 Å². The summed E-state index contributed by atoms with van der Waals surface area (Å²) in [6, 6.07) is 5.32. The Bertz CT molecular complexity index is 1060. The number of hydrogen-bond donors (Lipinski definition) is 2. The van der Waals surface area contributed by atoms with Gasteiger partial charge in [-0.1, -0.05) is 12.1 Å². The number of aliphatic hydroxyl groups is 1. The summed E-state index contributed by atoms with van der Waals surface area (Å²) >= 11 is 0. The molecule has 1 saturated heterocycles. The van der Waals surface area contributed by atoms with Crippen LogP contribution in [0, 0.1) is 5.82 Å². The van der Waals surface area contributed by atoms with Crippen molar-refractivity contribution in [2.24, 2.45) is 0 Å². The number of anilines is 2. The van der Waals surface area contributed by atoms with Crippen LogP contribution in [-0.2, 0) is 14.6 Å². The number of rotatable bonds is 7. The Labute approximate surface area is 180 Å². The van der Waals surface area contributed by atoms with Crippen molar-refractivity contribution < 1.29 is 27.4 Å². The van der Waals surface area contributed by atoms with E-state index in [1.165, 1.54) is 19.1 Å². The van der Waals surface area contributed by atoms with E-state index in [4.69, 9.17) is 4.74 Å². The molecule has 9 nitrogen and oxygen atoms in total. The van der Waals surface area contributed by atoms with Crippen molar-refractivity contribution in [3.8, 4) is 0 Å². The highest BCUT2D eigenvalue weighted by Crippen LogP contribution is 2.27. The number of aromatic nitrogens is 2. The van der Waals surface area contributed by atoms with Gasteiger partial charge in [0.15, 0.2) is 21.5 Å². The van der Waals surface area contributed by atoms with Crippen molar-refractivity contribution in [1.82, 2.24) is 9.97 Å². The van der Waals surface area contributed by atoms with Gasteiger partial charge in [-0.15, -0.1) is 0 Å². The summed E-state index contributed by atoms with van der Waals surface area (Å²) in [6.45, 7) is 6.44. The Kier molecular flexibility index (Phi) is 6.46. The summed E-state index contributed by atoms with van der Waals surface area (Å²) in [5, 5.41) is 12.4. The fourth-order valence-corrected chi connectivity index (χ4v) is 4.19. The van der Waals surface area contributed by atoms with E-state index in [0.717, 1.165) is 16.7 Å². The molecule has 0 unspecified atom stereocenters. The van der Waals surface area contributed by atoms with Crippen LogP contribution in [-0.4, -0.2) is 53.6 Å². The first-order chi connectivity index (χ1) is 14.5. The topological polar surface area (TPSA) is 122 Å². The monoisotopic (exact) mass is 452 g/mol. The molecule has 1 aliphatic rings. The molecule has 3 atom stereocenters. The molecule has 1 aromatic heterocycles. The molecule has 2 aromatic rings. The second-order valence-corrected chi connectivity index (χ2v) is 10.2. The third-order valence-corrected chi connectivity index (χ3v) is 7.26. The Morgan fingerprint density at radius 1 is 1.23 bits per heavy atom. The molecule has 0 radical (unpaired) electrons. The van der Waals surface area contributed by atoms with Crippen LogP contribution in [0.15, 0.2) is 35.4 Å². The zero-order valence-corrected chi connectivity index (χ0v) is 18.4. The number of sulfone groups is 1. The van der Waals surface area contributed by atoms with Gasteiger partial charge >= 0.3 is 6.09 Å². The lowest BCUT2D eigenvalue weighted by Gasteiger charge is -2.23. The van der Waals surface area contributed by atoms with Gasteiger partial charge in [-0.2, -0.15) is 4.98 Å². The average Bonchev–Trinajstić information content (AvgIpc) is 3.11. The summed E-state index contributed by atoms with van der Waals surface area (Å²) in [5.74, 6) is -1.06. The summed E-state index contributed by atoms with van der Waals surface area (Å²) in [4.78, 5) is 21.3. The largest absolute Gasteiger partial charge is 0.447 e. The van der Waals surface area contributed by atoms with Crippen LogP contribution < -0.4 is 10.2 Å². The molecule has 0 saturated carbocycles. The second kappa shape index (κ2) is 8.75. The van der Waals surface area contributed by atoms with E-state index in [-0.39, 0.29) is 29.3 Å². The number of nitrogens with one attached hydrogen (secondary N) is 1. The maximum Gasteiger partial charge on any atom is 0.416 e. The van der Waals surface area contributed by atoms with Crippen LogP contribution in [0.5, 0.6) is 0 Å². The first kappa shape index (κ1) is 22.9. The molecule has 168 valence electrons. The van der Waals surface area contributed by atoms with Crippen molar-refractivity contribution in [1.29, 1.82) is 0 Å². The summed E-state index contributed by atoms with van der Waals surface area (Å²) in [6.07, 6.45) is -0.818. The molecule has 0 aliphatic carbocycles. The van der Waals surface area contributed by atoms with Crippen LogP contribution in [0.4, 0.5) is 21.0 Å². The third-order valence-electron chi connectivity index (χ3n) is 5.09. The van der Waals surface area contributed by atoms with Gasteiger partial charge in [-0.05, 0) is 45.4 Å². The number of aliphatic hydroxyl groups excluding tert-OH is 1. The molecule has 0 spiro atoms. The number of benzene rings is 1. The number of ether oxygens (including phenoxy) is 1. The van der Waals surface area contributed by atoms with Crippen LogP contribution in [0.25, 0.3) is 0 Å². The quantitative estimate of drug-likeness (QED) is 0.658. The van der Waals surface area contributed by atoms with E-state index in [2.05, 4.69) is 15.3 Å². The zero-order valence-electron chi connectivity index (χ0n) is 17.6. The number of halogens is 1. The second-order valence-electron chi connectivity index (χ2n) is 7.65. The molecule has 1 amide bonds. The standard InChI is InChI=1S/C20H25FN4O5S/c1-11(2)31(28,29)15-7-5-14(6-8-15)12(3)23-19-22-9-16(21)18(24-19)25-17(13(4)26)10-30-20(25)27/h5-9,11-13,17,26H,10H2,1-4H3,(H,22,23,24)/t12-,13+,17+/m0/s1. The first-order valence-corrected chi connectivity index (χ1v) is 11.3. The lowest BCUT2D eigenvalue weighted by atomic mass is 10.1. The van der Waals surface area contributed by atoms with Crippen molar-refractivity contribution in [3.05, 3.63) is 41.8 Å². The van der Waals surface area contributed by atoms with Crippen molar-refractivity contribution in [2.45, 2.75) is 56.0 Å². The smallest absolute Gasteiger partial charge is 0.416 e. The third kappa shape index (κ3) is 4.62. The molecule has 2 heterocycles. The number of hydrogen-bond acceptors (Lipinski definition) is 8. The minimum atomic E-state index is -3.37. The summed E-state index contributed by atoms with van der Waals surface area (Å²) < 4.78 is 43.8. The first-order valence-electron chi connectivity index (χ1n) is 9.79. The number of cyclic esters (lactones) is 1. The number of carbonyl (C=O) groups excluding carboxylic acids is 1. The van der Waals surface area contributed by atoms with E-state index in [1.54, 1.807) is 32.9 Å². The van der Waals surface area contributed by atoms with Crippen LogP contribution in [0.1, 0.15) is 39.3 Å². The number of carbonyl (C=O) groups is 1. The van der Waals surface area contributed by atoms with E-state index in [1.807, 2.05) is 0 Å². The Morgan fingerprint density at radius 2 is 1.87 bits per heavy atom. The fourth-order valence-electron chi connectivity index (χ4n) is 3.13. The van der Waals surface area contributed by atoms with Gasteiger partial charge in [-0.3, -0.25) is 0 Å². The Balaban J connectivity index is 1.82. The SMILES string of the molecule is CC(C)S(=O)(=O)c1ccc([C@H](C)Nc2ncc(F)c(N3C(=O)OC[C@@H]3[C@@H](C)O)n2)cc1. The highest BCUT2D eigenvalue weighted by atomic mass is 32.2. The molecule has 31 heavy (non-hydrogen) atoms. The zero-order chi connectivity index (χ0) is 22.9. The molecule has 1 fully saturated rings. The van der Waals surface area contributed by atoms with Gasteiger partial charge in [-0.25, -0.2) is 27.5 Å². The Morgan fingerprint density at radius 3 is 2.45 bits per heavy atom. The van der Waals surface area contributed by atoms with Gasteiger partial charge in [0, 0.05) is 0 Å². The molecule has 11 heteroatoms. The van der Waals surface area contributed by atoms with Crippen LogP contribution in [0.2, 0.25) is 0 Å². The maximum atomic E-state index is 14.4. The predicted octanol–water partition coefficient (Wildman–Crippen LogP) is 2.68. The fraction of sp³-hybridized carbons (Fsp3) is 0.450. The lowest BCUT2D eigenvalue weighted by molar-refractivity contribution is 0.142. The number of nitrogens with zero attached hydrogens (tertiary/aromatic N) is 3. The van der Waals surface area contributed by atoms with E-state index in [0.29, 0.717) is 0 Å². The molecule has 1 aromatic carbocycles. The van der Waals surface area contributed by atoms with Crippen molar-refractivity contribution >= 4 is 27.7 Å². The van der Waals surface area contributed by atoms with Gasteiger partial charge in [0.25, 0.3) is 0 Å². The average molecular weight is 453 g/mol. The minimum Gasteiger partial charge on any atom is -0.447 e. The Hall–Kier alpha value is -2.79. The lowest BCUT2D eigenvalue weighted by Crippen LogP contribution is -2.42. The van der Waals surface area contributed by atoms with Crippen LogP contribution in [0.3, 0.4) is 0 Å². The normalized spacial score (nSPS) is 18.7. The van der Waals surface area contributed by atoms with Gasteiger partial charge in [0.1, 0.15) is 12.6 Å². The van der Waals surface area contributed by atoms with E-state index < -0.39 is 39.1 Å². The van der Waals surface area contributed by atoms with Crippen molar-refractivity contribution in [3.63, 3.8) is 0 Å². The molecular formula is C20H25FN4O5S. The highest BCUT2D eigenvalue weighted by molar-refractivity contribution is 7.92. The van der Waals surface area contributed by atoms with Crippen molar-refractivity contribution in [2.75, 3.05) is 16.8 Å². The molecule has 2 N–H and O–H groups in total. The predicted molar refractivity (Wildman–Crippen MR) is 112 cm³/mol. The molecular weight excluding hydrogens is 427 g/mol. The van der Waals surface area contributed by atoms with Gasteiger partial charge < -0.3 is 15.2 Å². The minimum absolute atomic E-state index is 0.0619. The summed E-state index contributed by atoms with van der Waals surface area (Å²) in [7, 11) is -3.37. The van der Waals surface area contributed by atoms with Crippen LogP contribution >= 0.6 is 0 Å². The molecule has 0 bridgehead atoms. The molecule has 1 aliphatic heterocycles. The molecule has 3 rings (SSSR count). The highest BCUT2D eigenvalue weighted by Gasteiger charge is 2.39. The number of amides is 1. The van der Waals surface area contributed by atoms with Gasteiger partial charge in [0.2, 0.25) is 5.95 Å². The summed E-state index contributed by atoms with van der Waals surface area (Å²) in [5.41, 5.74) is 0.764. The van der Waals surface area contributed by atoms with E-state index in [9.17, 15) is 22.7 Å². The maximum absolute atomic E-state index is 14.4. The van der Waals surface area contributed by atoms with Gasteiger partial charge in [0.05, 0.1) is 28.5 Å².